The highest BCUT2D eigenvalue weighted by Gasteiger charge is 2.21. The van der Waals surface area contributed by atoms with E-state index in [1.165, 1.54) is 11.1 Å². The number of carbonyl (C=O) groups excluding carboxylic acids is 2. The first-order valence-corrected chi connectivity index (χ1v) is 7.30. The van der Waals surface area contributed by atoms with Crippen molar-refractivity contribution < 1.29 is 14.3 Å². The zero-order chi connectivity index (χ0) is 13.9. The Labute approximate surface area is 118 Å². The molecular weight excluding hydrogens is 254 g/mol. The monoisotopic (exact) mass is 273 g/mol. The zero-order valence-electron chi connectivity index (χ0n) is 11.5. The highest BCUT2D eigenvalue weighted by atomic mass is 16.5. The third-order valence-electron chi connectivity index (χ3n) is 4.08. The summed E-state index contributed by atoms with van der Waals surface area (Å²) in [4.78, 5) is 24.0. The Morgan fingerprint density at radius 2 is 2.05 bits per heavy atom. The SMILES string of the molecule is O=C(NCC1CCCO1)C(=O)c1ccc2c(c1)CCC2. The average Bonchev–Trinajstić information content (AvgIpc) is 3.13. The topological polar surface area (TPSA) is 55.4 Å². The van der Waals surface area contributed by atoms with E-state index in [0.29, 0.717) is 12.1 Å². The summed E-state index contributed by atoms with van der Waals surface area (Å²) >= 11 is 0. The van der Waals surface area contributed by atoms with Crippen LogP contribution in [0.15, 0.2) is 18.2 Å². The fraction of sp³-hybridized carbons (Fsp3) is 0.500. The lowest BCUT2D eigenvalue weighted by molar-refractivity contribution is -0.117. The Morgan fingerprint density at radius 1 is 1.20 bits per heavy atom. The standard InChI is InChI=1S/C16H19NO3/c18-15(16(19)17-10-14-5-2-8-20-14)13-7-6-11-3-1-4-12(11)9-13/h6-7,9,14H,1-5,8,10H2,(H,17,19). The predicted molar refractivity (Wildman–Crippen MR) is 74.8 cm³/mol. The summed E-state index contributed by atoms with van der Waals surface area (Å²) in [6.45, 7) is 1.18. The summed E-state index contributed by atoms with van der Waals surface area (Å²) < 4.78 is 5.42. The van der Waals surface area contributed by atoms with E-state index in [-0.39, 0.29) is 6.10 Å². The number of hydrogen-bond acceptors (Lipinski definition) is 3. The number of rotatable bonds is 4. The number of hydrogen-bond donors (Lipinski definition) is 1. The van der Waals surface area contributed by atoms with E-state index in [1.807, 2.05) is 12.1 Å². The van der Waals surface area contributed by atoms with Crippen molar-refractivity contribution in [1.82, 2.24) is 5.32 Å². The molecule has 1 heterocycles. The second kappa shape index (κ2) is 5.75. The Kier molecular flexibility index (Phi) is 3.83. The van der Waals surface area contributed by atoms with E-state index in [4.69, 9.17) is 4.74 Å². The molecule has 1 aliphatic heterocycles. The Bertz CT molecular complexity index is 533. The van der Waals surface area contributed by atoms with Gasteiger partial charge in [0.1, 0.15) is 0 Å². The largest absolute Gasteiger partial charge is 0.376 e. The van der Waals surface area contributed by atoms with Crippen LogP contribution >= 0.6 is 0 Å². The van der Waals surface area contributed by atoms with E-state index in [9.17, 15) is 9.59 Å². The number of benzene rings is 1. The van der Waals surface area contributed by atoms with E-state index in [0.717, 1.165) is 38.7 Å². The molecular formula is C16H19NO3. The second-order valence-corrected chi connectivity index (χ2v) is 5.51. The van der Waals surface area contributed by atoms with Gasteiger partial charge in [0.15, 0.2) is 0 Å². The van der Waals surface area contributed by atoms with Gasteiger partial charge in [-0.1, -0.05) is 12.1 Å². The van der Waals surface area contributed by atoms with Gasteiger partial charge in [-0.3, -0.25) is 9.59 Å². The molecule has 1 fully saturated rings. The van der Waals surface area contributed by atoms with E-state index < -0.39 is 11.7 Å². The van der Waals surface area contributed by atoms with Crippen molar-refractivity contribution in [3.05, 3.63) is 34.9 Å². The maximum absolute atomic E-state index is 12.1. The van der Waals surface area contributed by atoms with Gasteiger partial charge >= 0.3 is 0 Å². The highest BCUT2D eigenvalue weighted by Crippen LogP contribution is 2.23. The Morgan fingerprint density at radius 3 is 2.85 bits per heavy atom. The van der Waals surface area contributed by atoms with Crippen molar-refractivity contribution in [2.75, 3.05) is 13.2 Å². The van der Waals surface area contributed by atoms with Gasteiger partial charge in [-0.05, 0) is 49.3 Å². The van der Waals surface area contributed by atoms with E-state index >= 15 is 0 Å². The summed E-state index contributed by atoms with van der Waals surface area (Å²) in [5.74, 6) is -0.976. The molecule has 4 nitrogen and oxygen atoms in total. The van der Waals surface area contributed by atoms with Crippen molar-refractivity contribution in [3.8, 4) is 0 Å². The number of ketones is 1. The maximum atomic E-state index is 12.1. The van der Waals surface area contributed by atoms with Crippen LogP contribution in [0, 0.1) is 0 Å². The molecule has 3 rings (SSSR count). The molecule has 1 saturated heterocycles. The van der Waals surface area contributed by atoms with Gasteiger partial charge in [-0.15, -0.1) is 0 Å². The molecule has 0 saturated carbocycles. The van der Waals surface area contributed by atoms with Crippen LogP contribution in [0.25, 0.3) is 0 Å². The van der Waals surface area contributed by atoms with Crippen LogP contribution in [0.3, 0.4) is 0 Å². The number of Topliss-reactive ketones (excluding diaryl/α,β-unsaturated/α-hetero) is 1. The minimum atomic E-state index is -0.529. The van der Waals surface area contributed by atoms with Gasteiger partial charge in [0.05, 0.1) is 6.10 Å². The van der Waals surface area contributed by atoms with E-state index in [2.05, 4.69) is 5.32 Å². The molecule has 1 atom stereocenters. The van der Waals surface area contributed by atoms with Crippen LogP contribution in [0.4, 0.5) is 0 Å². The van der Waals surface area contributed by atoms with E-state index in [1.54, 1.807) is 6.07 Å². The highest BCUT2D eigenvalue weighted by molar-refractivity contribution is 6.42. The fourth-order valence-electron chi connectivity index (χ4n) is 2.94. The molecule has 1 unspecified atom stereocenters. The second-order valence-electron chi connectivity index (χ2n) is 5.51. The first kappa shape index (κ1) is 13.3. The summed E-state index contributed by atoms with van der Waals surface area (Å²) in [7, 11) is 0. The van der Waals surface area contributed by atoms with Gasteiger partial charge in [0, 0.05) is 18.7 Å². The number of nitrogens with one attached hydrogen (secondary N) is 1. The van der Waals surface area contributed by atoms with Crippen LogP contribution in [0.2, 0.25) is 0 Å². The number of amides is 1. The quantitative estimate of drug-likeness (QED) is 0.670. The number of ether oxygens (including phenoxy) is 1. The Hall–Kier alpha value is -1.68. The molecule has 1 aliphatic carbocycles. The van der Waals surface area contributed by atoms with Gasteiger partial charge in [-0.2, -0.15) is 0 Å². The third kappa shape index (κ3) is 2.75. The predicted octanol–water partition coefficient (Wildman–Crippen LogP) is 1.65. The summed E-state index contributed by atoms with van der Waals surface area (Å²) in [6.07, 6.45) is 5.26. The minimum Gasteiger partial charge on any atom is -0.376 e. The first-order chi connectivity index (χ1) is 9.74. The lowest BCUT2D eigenvalue weighted by Gasteiger charge is -2.10. The third-order valence-corrected chi connectivity index (χ3v) is 4.08. The molecule has 1 aromatic carbocycles. The average molecular weight is 273 g/mol. The van der Waals surface area contributed by atoms with Gasteiger partial charge in [-0.25, -0.2) is 0 Å². The van der Waals surface area contributed by atoms with Gasteiger partial charge < -0.3 is 10.1 Å². The van der Waals surface area contributed by atoms with Crippen LogP contribution in [-0.4, -0.2) is 30.9 Å². The minimum absolute atomic E-state index is 0.0618. The molecule has 0 spiro atoms. The molecule has 106 valence electrons. The Balaban J connectivity index is 1.61. The number of aryl methyl sites for hydroxylation is 2. The first-order valence-electron chi connectivity index (χ1n) is 7.30. The van der Waals surface area contributed by atoms with Crippen LogP contribution in [-0.2, 0) is 22.4 Å². The molecule has 1 N–H and O–H groups in total. The van der Waals surface area contributed by atoms with Gasteiger partial charge in [0.25, 0.3) is 5.91 Å². The molecule has 4 heteroatoms. The number of fused-ring (bicyclic) bond motifs is 1. The molecule has 0 bridgehead atoms. The summed E-state index contributed by atoms with van der Waals surface area (Å²) in [5, 5.41) is 2.68. The zero-order valence-corrected chi connectivity index (χ0v) is 11.5. The van der Waals surface area contributed by atoms with Crippen molar-refractivity contribution in [1.29, 1.82) is 0 Å². The molecule has 2 aliphatic rings. The lowest BCUT2D eigenvalue weighted by Crippen LogP contribution is -2.36. The molecule has 1 aromatic rings. The van der Waals surface area contributed by atoms with Crippen LogP contribution < -0.4 is 5.32 Å². The maximum Gasteiger partial charge on any atom is 0.292 e. The van der Waals surface area contributed by atoms with Crippen LogP contribution in [0.1, 0.15) is 40.7 Å². The summed E-state index contributed by atoms with van der Waals surface area (Å²) in [6, 6.07) is 5.61. The van der Waals surface area contributed by atoms with Crippen molar-refractivity contribution in [2.45, 2.75) is 38.2 Å². The van der Waals surface area contributed by atoms with Gasteiger partial charge in [0.2, 0.25) is 5.78 Å². The van der Waals surface area contributed by atoms with Crippen molar-refractivity contribution in [2.24, 2.45) is 0 Å². The lowest BCUT2D eigenvalue weighted by atomic mass is 10.0. The normalized spacial score (nSPS) is 20.7. The molecule has 0 radical (unpaired) electrons. The summed E-state index contributed by atoms with van der Waals surface area (Å²) in [5.41, 5.74) is 3.01. The van der Waals surface area contributed by atoms with Crippen molar-refractivity contribution >= 4 is 11.7 Å². The van der Waals surface area contributed by atoms with Crippen LogP contribution in [0.5, 0.6) is 0 Å². The molecule has 1 amide bonds. The molecule has 0 aromatic heterocycles. The van der Waals surface area contributed by atoms with Crippen molar-refractivity contribution in [3.63, 3.8) is 0 Å². The fourth-order valence-corrected chi connectivity index (χ4v) is 2.94. The smallest absolute Gasteiger partial charge is 0.292 e. The number of carbonyl (C=O) groups is 2. The molecule has 20 heavy (non-hydrogen) atoms.